The summed E-state index contributed by atoms with van der Waals surface area (Å²) in [6.07, 6.45) is 2.28. The molecule has 1 aromatic heterocycles. The zero-order valence-electron chi connectivity index (χ0n) is 13.5. The molecule has 2 aromatic rings. The van der Waals surface area contributed by atoms with Gasteiger partial charge in [0.1, 0.15) is 17.8 Å². The maximum absolute atomic E-state index is 12.1. The van der Waals surface area contributed by atoms with Crippen LogP contribution < -0.4 is 10.6 Å². The molecule has 1 amide bonds. The van der Waals surface area contributed by atoms with Crippen molar-refractivity contribution in [2.24, 2.45) is 0 Å². The van der Waals surface area contributed by atoms with Gasteiger partial charge in [0.2, 0.25) is 0 Å². The maximum Gasteiger partial charge on any atom is 0.270 e. The molecule has 0 fully saturated rings. The van der Waals surface area contributed by atoms with Crippen LogP contribution >= 0.6 is 0 Å². The topological polar surface area (TPSA) is 66.9 Å². The minimum absolute atomic E-state index is 0.123. The third-order valence-electron chi connectivity index (χ3n) is 3.53. The molecule has 1 atom stereocenters. The highest BCUT2D eigenvalue weighted by Gasteiger charge is 2.11. The van der Waals surface area contributed by atoms with Gasteiger partial charge in [0, 0.05) is 17.8 Å². The summed E-state index contributed by atoms with van der Waals surface area (Å²) in [5, 5.41) is 6.13. The molecule has 0 aliphatic heterocycles. The Kier molecular flexibility index (Phi) is 5.09. The van der Waals surface area contributed by atoms with Crippen LogP contribution in [0.5, 0.6) is 0 Å². The van der Waals surface area contributed by atoms with Crippen molar-refractivity contribution in [2.45, 2.75) is 40.2 Å². The Morgan fingerprint density at radius 1 is 1.23 bits per heavy atom. The Morgan fingerprint density at radius 3 is 2.68 bits per heavy atom. The van der Waals surface area contributed by atoms with Crippen molar-refractivity contribution >= 4 is 17.4 Å². The van der Waals surface area contributed by atoms with Gasteiger partial charge in [-0.1, -0.05) is 24.6 Å². The number of benzene rings is 1. The third kappa shape index (κ3) is 4.04. The summed E-state index contributed by atoms with van der Waals surface area (Å²) >= 11 is 0. The first-order chi connectivity index (χ1) is 10.5. The van der Waals surface area contributed by atoms with E-state index in [-0.39, 0.29) is 11.9 Å². The van der Waals surface area contributed by atoms with Gasteiger partial charge in [-0.15, -0.1) is 0 Å². The Labute approximate surface area is 131 Å². The van der Waals surface area contributed by atoms with E-state index in [9.17, 15) is 4.79 Å². The van der Waals surface area contributed by atoms with Crippen LogP contribution in [0.4, 0.5) is 11.5 Å². The van der Waals surface area contributed by atoms with Gasteiger partial charge in [-0.25, -0.2) is 9.97 Å². The van der Waals surface area contributed by atoms with E-state index in [0.717, 1.165) is 17.7 Å². The second-order valence-corrected chi connectivity index (χ2v) is 5.51. The highest BCUT2D eigenvalue weighted by atomic mass is 16.1. The molecule has 0 saturated carbocycles. The largest absolute Gasteiger partial charge is 0.348 e. The number of nitrogens with one attached hydrogen (secondary N) is 2. The summed E-state index contributed by atoms with van der Waals surface area (Å²) in [6.45, 7) is 8.08. The van der Waals surface area contributed by atoms with Crippen LogP contribution in [0.25, 0.3) is 0 Å². The zero-order valence-corrected chi connectivity index (χ0v) is 13.5. The van der Waals surface area contributed by atoms with E-state index < -0.39 is 0 Å². The molecule has 2 rings (SSSR count). The van der Waals surface area contributed by atoms with Gasteiger partial charge in [0.15, 0.2) is 0 Å². The fourth-order valence-electron chi connectivity index (χ4n) is 2.04. The number of aryl methyl sites for hydroxylation is 2. The number of anilines is 2. The average molecular weight is 298 g/mol. The number of rotatable bonds is 5. The van der Waals surface area contributed by atoms with E-state index in [2.05, 4.69) is 33.6 Å². The number of carbonyl (C=O) groups excluding carboxylic acids is 1. The molecule has 0 bridgehead atoms. The van der Waals surface area contributed by atoms with Crippen molar-refractivity contribution in [3.8, 4) is 0 Å². The summed E-state index contributed by atoms with van der Waals surface area (Å²) in [6, 6.07) is 7.92. The standard InChI is InChI=1S/C17H22N4O/c1-5-13(4)20-17(22)15-9-16(19-10-18-15)21-14-7-6-11(2)8-12(14)3/h6-10,13H,5H2,1-4H3,(H,20,22)(H,18,19,21). The quantitative estimate of drug-likeness (QED) is 0.888. The van der Waals surface area contributed by atoms with E-state index in [1.165, 1.54) is 11.9 Å². The van der Waals surface area contributed by atoms with E-state index >= 15 is 0 Å². The summed E-state index contributed by atoms with van der Waals surface area (Å²) in [5.74, 6) is 0.427. The van der Waals surface area contributed by atoms with Gasteiger partial charge in [0.05, 0.1) is 0 Å². The molecule has 5 nitrogen and oxygen atoms in total. The number of hydrogen-bond acceptors (Lipinski definition) is 4. The van der Waals surface area contributed by atoms with Crippen LogP contribution in [0, 0.1) is 13.8 Å². The smallest absolute Gasteiger partial charge is 0.270 e. The number of hydrogen-bond donors (Lipinski definition) is 2. The molecule has 2 N–H and O–H groups in total. The molecule has 1 aromatic carbocycles. The Hall–Kier alpha value is -2.43. The molecule has 22 heavy (non-hydrogen) atoms. The molecular weight excluding hydrogens is 276 g/mol. The predicted octanol–water partition coefficient (Wildman–Crippen LogP) is 3.37. The monoisotopic (exact) mass is 298 g/mol. The summed E-state index contributed by atoms with van der Waals surface area (Å²) < 4.78 is 0. The van der Waals surface area contributed by atoms with Gasteiger partial charge in [-0.2, -0.15) is 0 Å². The summed E-state index contributed by atoms with van der Waals surface area (Å²) in [4.78, 5) is 20.3. The van der Waals surface area contributed by atoms with Gasteiger partial charge in [-0.3, -0.25) is 4.79 Å². The van der Waals surface area contributed by atoms with Crippen molar-refractivity contribution in [3.05, 3.63) is 47.4 Å². The summed E-state index contributed by atoms with van der Waals surface area (Å²) in [7, 11) is 0. The van der Waals surface area contributed by atoms with E-state index in [0.29, 0.717) is 11.5 Å². The van der Waals surface area contributed by atoms with Crippen molar-refractivity contribution < 1.29 is 4.79 Å². The zero-order chi connectivity index (χ0) is 16.1. The van der Waals surface area contributed by atoms with Crippen molar-refractivity contribution in [2.75, 3.05) is 5.32 Å². The van der Waals surface area contributed by atoms with Crippen molar-refractivity contribution in [3.63, 3.8) is 0 Å². The lowest BCUT2D eigenvalue weighted by molar-refractivity contribution is 0.0934. The molecule has 116 valence electrons. The average Bonchev–Trinajstić information content (AvgIpc) is 2.50. The van der Waals surface area contributed by atoms with Crippen LogP contribution in [0.2, 0.25) is 0 Å². The van der Waals surface area contributed by atoms with Crippen LogP contribution in [-0.2, 0) is 0 Å². The second kappa shape index (κ2) is 7.02. The number of amides is 1. The lowest BCUT2D eigenvalue weighted by atomic mass is 10.1. The fraction of sp³-hybridized carbons (Fsp3) is 0.353. The number of aromatic nitrogens is 2. The minimum atomic E-state index is -0.180. The van der Waals surface area contributed by atoms with E-state index in [1.54, 1.807) is 6.07 Å². The normalized spacial score (nSPS) is 11.8. The molecule has 1 unspecified atom stereocenters. The Morgan fingerprint density at radius 2 is 2.00 bits per heavy atom. The highest BCUT2D eigenvalue weighted by Crippen LogP contribution is 2.20. The van der Waals surface area contributed by atoms with Gasteiger partial charge >= 0.3 is 0 Å². The van der Waals surface area contributed by atoms with E-state index in [1.807, 2.05) is 32.9 Å². The van der Waals surface area contributed by atoms with Gasteiger partial charge < -0.3 is 10.6 Å². The van der Waals surface area contributed by atoms with Gasteiger partial charge in [0.25, 0.3) is 5.91 Å². The van der Waals surface area contributed by atoms with Crippen LogP contribution in [0.1, 0.15) is 41.9 Å². The molecule has 0 aliphatic rings. The molecule has 5 heteroatoms. The van der Waals surface area contributed by atoms with Crippen LogP contribution in [0.15, 0.2) is 30.6 Å². The lowest BCUT2D eigenvalue weighted by Gasteiger charge is -2.12. The van der Waals surface area contributed by atoms with Crippen molar-refractivity contribution in [1.29, 1.82) is 0 Å². The number of carbonyl (C=O) groups is 1. The third-order valence-corrected chi connectivity index (χ3v) is 3.53. The van der Waals surface area contributed by atoms with Crippen LogP contribution in [-0.4, -0.2) is 21.9 Å². The molecular formula is C17H22N4O. The maximum atomic E-state index is 12.1. The van der Waals surface area contributed by atoms with Crippen LogP contribution in [0.3, 0.4) is 0 Å². The molecule has 0 aliphatic carbocycles. The molecule has 1 heterocycles. The first-order valence-electron chi connectivity index (χ1n) is 7.46. The highest BCUT2D eigenvalue weighted by molar-refractivity contribution is 5.93. The van der Waals surface area contributed by atoms with Crippen molar-refractivity contribution in [1.82, 2.24) is 15.3 Å². The first kappa shape index (κ1) is 15.9. The Balaban J connectivity index is 2.16. The summed E-state index contributed by atoms with van der Waals surface area (Å²) in [5.41, 5.74) is 3.67. The first-order valence-corrected chi connectivity index (χ1v) is 7.46. The predicted molar refractivity (Wildman–Crippen MR) is 88.4 cm³/mol. The second-order valence-electron chi connectivity index (χ2n) is 5.51. The number of nitrogens with zero attached hydrogens (tertiary/aromatic N) is 2. The fourth-order valence-corrected chi connectivity index (χ4v) is 2.04. The minimum Gasteiger partial charge on any atom is -0.348 e. The molecule has 0 radical (unpaired) electrons. The molecule has 0 saturated heterocycles. The van der Waals surface area contributed by atoms with E-state index in [4.69, 9.17) is 0 Å². The lowest BCUT2D eigenvalue weighted by Crippen LogP contribution is -2.32. The Bertz CT molecular complexity index is 669. The SMILES string of the molecule is CCC(C)NC(=O)c1cc(Nc2ccc(C)cc2C)ncn1. The van der Waals surface area contributed by atoms with Gasteiger partial charge in [-0.05, 0) is 38.8 Å². The molecule has 0 spiro atoms.